The number of hydrogen-bond donors (Lipinski definition) is 3. The van der Waals surface area contributed by atoms with Crippen LogP contribution in [0.2, 0.25) is 0 Å². The van der Waals surface area contributed by atoms with Crippen LogP contribution in [0.5, 0.6) is 0 Å². The van der Waals surface area contributed by atoms with Crippen molar-refractivity contribution in [2.75, 3.05) is 0 Å². The summed E-state index contributed by atoms with van der Waals surface area (Å²) < 4.78 is 0. The van der Waals surface area contributed by atoms with E-state index >= 15 is 0 Å². The van der Waals surface area contributed by atoms with Gasteiger partial charge in [-0.05, 0) is 67.6 Å². The molecule has 0 aliphatic carbocycles. The van der Waals surface area contributed by atoms with Gasteiger partial charge < -0.3 is 20.1 Å². The van der Waals surface area contributed by atoms with E-state index in [2.05, 4.69) is 34.6 Å². The van der Waals surface area contributed by atoms with E-state index in [1.54, 1.807) is 0 Å². The monoisotopic (exact) mass is 604 g/mol. The van der Waals surface area contributed by atoms with Gasteiger partial charge in [0, 0.05) is 0 Å². The molecule has 246 valence electrons. The van der Waals surface area contributed by atoms with E-state index in [0.29, 0.717) is 24.0 Å². The predicted octanol–water partition coefficient (Wildman–Crippen LogP) is 9.65. The molecule has 0 amide bonds. The first-order chi connectivity index (χ1) is 20.3. The number of carbonyl (C=O) groups is 4. The van der Waals surface area contributed by atoms with Crippen LogP contribution in [0.15, 0.2) is 0 Å². The van der Waals surface area contributed by atoms with Gasteiger partial charge in [0.15, 0.2) is 0 Å². The first-order valence-corrected chi connectivity index (χ1v) is 16.7. The van der Waals surface area contributed by atoms with Crippen LogP contribution in [0.25, 0.3) is 0 Å². The summed E-state index contributed by atoms with van der Waals surface area (Å²) in [4.78, 5) is 48.1. The van der Waals surface area contributed by atoms with Crippen molar-refractivity contribution in [3.05, 3.63) is 33.4 Å². The second-order valence-corrected chi connectivity index (χ2v) is 12.2. The molecule has 1 rings (SSSR count). The number of aromatic carboxylic acids is 3. The summed E-state index contributed by atoms with van der Waals surface area (Å²) in [5.41, 5.74) is 0.802. The number of rotatable bonds is 21. The maximum absolute atomic E-state index is 13.0. The van der Waals surface area contributed by atoms with Crippen LogP contribution >= 0.6 is 0 Å². The molecule has 0 saturated heterocycles. The lowest BCUT2D eigenvalue weighted by molar-refractivity contribution is -0.115. The molecule has 0 fully saturated rings. The molecule has 0 heterocycles. The molecule has 0 radical (unpaired) electrons. The molecule has 0 aromatic heterocycles. The zero-order chi connectivity index (χ0) is 33.1. The molecular formula is C36H60O7. The minimum Gasteiger partial charge on any atom is -0.478 e. The molecule has 3 N–H and O–H groups in total. The molecule has 0 bridgehead atoms. The van der Waals surface area contributed by atoms with Gasteiger partial charge in [-0.3, -0.25) is 0 Å². The van der Waals surface area contributed by atoms with Crippen LogP contribution in [-0.2, 0) is 24.1 Å². The third-order valence-corrected chi connectivity index (χ3v) is 8.57. The maximum Gasteiger partial charge on any atom is 0.336 e. The Hall–Kier alpha value is -2.70. The molecule has 7 nitrogen and oxygen atoms in total. The van der Waals surface area contributed by atoms with Crippen LogP contribution in [0.4, 0.5) is 0 Å². The molecular weight excluding hydrogens is 544 g/mol. The highest BCUT2D eigenvalue weighted by Crippen LogP contribution is 2.37. The van der Waals surface area contributed by atoms with E-state index in [4.69, 9.17) is 0 Å². The summed E-state index contributed by atoms with van der Waals surface area (Å²) in [7, 11) is 0. The van der Waals surface area contributed by atoms with Crippen molar-refractivity contribution in [2.45, 2.75) is 152 Å². The minimum absolute atomic E-state index is 0.0580. The maximum atomic E-state index is 13.0. The van der Waals surface area contributed by atoms with Crippen molar-refractivity contribution in [1.29, 1.82) is 0 Å². The first-order valence-electron chi connectivity index (χ1n) is 16.7. The number of unbranched alkanes of at least 4 members (excludes halogenated alkanes) is 3. The number of carboxylic acids is 3. The van der Waals surface area contributed by atoms with Crippen LogP contribution in [0.3, 0.4) is 0 Å². The summed E-state index contributed by atoms with van der Waals surface area (Å²) in [6.45, 7) is 15.6. The fourth-order valence-corrected chi connectivity index (χ4v) is 5.99. The minimum atomic E-state index is -1.34. The number of carboxylic acid groups (broad SMARTS) is 3. The Morgan fingerprint density at radius 2 is 0.744 bits per heavy atom. The Morgan fingerprint density at radius 3 is 1.00 bits per heavy atom. The van der Waals surface area contributed by atoms with Gasteiger partial charge in [0.1, 0.15) is 5.78 Å². The molecule has 0 aliphatic rings. The summed E-state index contributed by atoms with van der Waals surface area (Å²) in [6.07, 6.45) is 12.3. The van der Waals surface area contributed by atoms with Crippen LogP contribution in [-0.4, -0.2) is 39.0 Å². The Bertz CT molecular complexity index is 1020. The van der Waals surface area contributed by atoms with Crippen LogP contribution < -0.4 is 0 Å². The van der Waals surface area contributed by atoms with E-state index in [1.807, 2.05) is 6.92 Å². The van der Waals surface area contributed by atoms with E-state index in [9.17, 15) is 34.5 Å². The lowest BCUT2D eigenvalue weighted by atomic mass is 9.75. The first kappa shape index (κ1) is 40.3. The Morgan fingerprint density at radius 1 is 0.488 bits per heavy atom. The van der Waals surface area contributed by atoms with Gasteiger partial charge in [0.05, 0.1) is 16.7 Å². The lowest BCUT2D eigenvalue weighted by Gasteiger charge is -2.28. The third kappa shape index (κ3) is 13.6. The highest BCUT2D eigenvalue weighted by Gasteiger charge is 2.35. The van der Waals surface area contributed by atoms with Crippen molar-refractivity contribution in [3.63, 3.8) is 0 Å². The topological polar surface area (TPSA) is 129 Å². The number of carbonyl (C=O) groups excluding carboxylic acids is 1. The molecule has 7 heteroatoms. The quantitative estimate of drug-likeness (QED) is 0.127. The second kappa shape index (κ2) is 21.9. The zero-order valence-electron chi connectivity index (χ0n) is 28.3. The molecule has 1 aromatic carbocycles. The highest BCUT2D eigenvalue weighted by molar-refractivity contribution is 6.07. The number of benzene rings is 1. The summed E-state index contributed by atoms with van der Waals surface area (Å²) in [6, 6.07) is 0. The molecule has 3 atom stereocenters. The van der Waals surface area contributed by atoms with Crippen molar-refractivity contribution in [3.8, 4) is 0 Å². The fourth-order valence-electron chi connectivity index (χ4n) is 5.99. The molecule has 1 aromatic rings. The largest absolute Gasteiger partial charge is 0.478 e. The average Bonchev–Trinajstić information content (AvgIpc) is 2.94. The standard InChI is InChI=1S/C33H54O6.C3H6O/c1-7-13-16-22(10-4)19-25-26(20-23(11-5)17-14-8-2)29(32(36)37)30(33(38)39)27(28(25)31(34)35)21-24(12-6)18-15-9-3;1-3(2)4/h22-24H,7-21H2,1-6H3,(H,34,35)(H,36,37)(H,38,39);1-2H3. The van der Waals surface area contributed by atoms with E-state index in [1.165, 1.54) is 13.8 Å². The Kier molecular flexibility index (Phi) is 20.5. The molecule has 3 unspecified atom stereocenters. The van der Waals surface area contributed by atoms with Crippen LogP contribution in [0, 0.1) is 17.8 Å². The number of ketones is 1. The van der Waals surface area contributed by atoms with Crippen molar-refractivity contribution in [2.24, 2.45) is 17.8 Å². The summed E-state index contributed by atoms with van der Waals surface area (Å²) in [5.74, 6) is -3.11. The Balaban J connectivity index is 0.00000413. The normalized spacial score (nSPS) is 13.0. The van der Waals surface area contributed by atoms with Gasteiger partial charge in [-0.2, -0.15) is 0 Å². The van der Waals surface area contributed by atoms with Gasteiger partial charge >= 0.3 is 17.9 Å². The Labute approximate surface area is 260 Å². The molecule has 43 heavy (non-hydrogen) atoms. The van der Waals surface area contributed by atoms with Gasteiger partial charge in [-0.15, -0.1) is 0 Å². The molecule has 0 aliphatic heterocycles. The van der Waals surface area contributed by atoms with E-state index < -0.39 is 17.9 Å². The highest BCUT2D eigenvalue weighted by atomic mass is 16.4. The SMILES string of the molecule is CC(C)=O.CCCCC(CC)Cc1c(CC(CC)CCCC)c(C(=O)O)c(C(=O)O)c(CC(CC)CCCC)c1C(=O)O. The second-order valence-electron chi connectivity index (χ2n) is 12.2. The van der Waals surface area contributed by atoms with Crippen LogP contribution in [0.1, 0.15) is 180 Å². The molecule has 0 saturated carbocycles. The van der Waals surface area contributed by atoms with Crippen molar-refractivity contribution >= 4 is 23.7 Å². The average molecular weight is 605 g/mol. The predicted molar refractivity (Wildman–Crippen MR) is 175 cm³/mol. The van der Waals surface area contributed by atoms with E-state index in [-0.39, 0.29) is 52.2 Å². The number of Topliss-reactive ketones (excluding diaryl/α,β-unsaturated/α-hetero) is 1. The van der Waals surface area contributed by atoms with Gasteiger partial charge in [-0.1, -0.05) is 119 Å². The number of hydrogen-bond acceptors (Lipinski definition) is 4. The van der Waals surface area contributed by atoms with E-state index in [0.717, 1.165) is 77.0 Å². The van der Waals surface area contributed by atoms with Gasteiger partial charge in [0.25, 0.3) is 0 Å². The van der Waals surface area contributed by atoms with Crippen molar-refractivity contribution < 1.29 is 34.5 Å². The van der Waals surface area contributed by atoms with Crippen molar-refractivity contribution in [1.82, 2.24) is 0 Å². The smallest absolute Gasteiger partial charge is 0.336 e. The summed E-state index contributed by atoms with van der Waals surface area (Å²) in [5, 5.41) is 31.5. The lowest BCUT2D eigenvalue weighted by Crippen LogP contribution is -2.25. The third-order valence-electron chi connectivity index (χ3n) is 8.57. The summed E-state index contributed by atoms with van der Waals surface area (Å²) >= 11 is 0. The molecule has 0 spiro atoms. The van der Waals surface area contributed by atoms with Gasteiger partial charge in [0.2, 0.25) is 0 Å². The fraction of sp³-hybridized carbons (Fsp3) is 0.722. The zero-order valence-corrected chi connectivity index (χ0v) is 28.3. The van der Waals surface area contributed by atoms with Gasteiger partial charge in [-0.25, -0.2) is 14.4 Å².